The molecule has 0 fully saturated rings. The molecule has 0 aliphatic rings. The first-order valence-corrected chi connectivity index (χ1v) is 6.97. The number of aliphatic carboxylic acids is 1. The Kier molecular flexibility index (Phi) is 5.62. The first-order chi connectivity index (χ1) is 9.29. The maximum atomic E-state index is 12.1. The lowest BCUT2D eigenvalue weighted by Crippen LogP contribution is -2.53. The van der Waals surface area contributed by atoms with Crippen LogP contribution in [-0.2, 0) is 4.79 Å². The van der Waals surface area contributed by atoms with E-state index in [2.05, 4.69) is 10.3 Å². The molecule has 1 aromatic rings. The van der Waals surface area contributed by atoms with Gasteiger partial charge in [0, 0.05) is 6.20 Å². The van der Waals surface area contributed by atoms with Gasteiger partial charge in [0.05, 0.1) is 15.1 Å². The molecule has 1 aromatic heterocycles. The highest BCUT2D eigenvalue weighted by molar-refractivity contribution is 6.48. The van der Waals surface area contributed by atoms with Crippen molar-refractivity contribution in [1.29, 1.82) is 0 Å². The Morgan fingerprint density at radius 1 is 1.25 bits per heavy atom. The minimum atomic E-state index is -1.37. The molecule has 0 aromatic carbocycles. The largest absolute Gasteiger partial charge is 0.480 e. The van der Waals surface area contributed by atoms with Gasteiger partial charge in [-0.15, -0.1) is 0 Å². The van der Waals surface area contributed by atoms with Gasteiger partial charge in [0.2, 0.25) is 0 Å². The Bertz CT molecular complexity index is 545. The van der Waals surface area contributed by atoms with E-state index in [1.807, 2.05) is 0 Å². The molecular formula is C12H13Cl3N2O3. The molecule has 8 heteroatoms. The summed E-state index contributed by atoms with van der Waals surface area (Å²) in [6.07, 6.45) is 1.64. The molecule has 5 nitrogen and oxygen atoms in total. The number of nitrogens with zero attached hydrogens (tertiary/aromatic N) is 1. The van der Waals surface area contributed by atoms with Crippen LogP contribution in [-0.4, -0.2) is 27.5 Å². The lowest BCUT2D eigenvalue weighted by molar-refractivity contribution is -0.144. The normalized spacial score (nSPS) is 11.2. The van der Waals surface area contributed by atoms with Crippen LogP contribution in [0.4, 0.5) is 0 Å². The fraction of sp³-hybridized carbons (Fsp3) is 0.417. The van der Waals surface area contributed by atoms with E-state index in [1.165, 1.54) is 6.20 Å². The van der Waals surface area contributed by atoms with Gasteiger partial charge >= 0.3 is 5.97 Å². The lowest BCUT2D eigenvalue weighted by Gasteiger charge is -2.28. The zero-order valence-corrected chi connectivity index (χ0v) is 13.1. The fourth-order valence-electron chi connectivity index (χ4n) is 1.66. The molecule has 1 heterocycles. The number of aromatic nitrogens is 1. The monoisotopic (exact) mass is 338 g/mol. The standard InChI is InChI=1S/C12H13Cl3N2O3/c1-3-12(4-2,11(19)20)17-10(18)9-8(15)7(14)6(13)5-16-9/h5H,3-4H2,1-2H3,(H,17,18)(H,19,20). The van der Waals surface area contributed by atoms with E-state index in [9.17, 15) is 14.7 Å². The van der Waals surface area contributed by atoms with Gasteiger partial charge in [0.25, 0.3) is 5.91 Å². The Balaban J connectivity index is 3.14. The Hall–Kier alpha value is -1.04. The molecule has 110 valence electrons. The molecule has 0 aliphatic carbocycles. The zero-order chi connectivity index (χ0) is 15.5. The molecule has 1 amide bonds. The number of hydrogen-bond donors (Lipinski definition) is 2. The number of carbonyl (C=O) groups is 2. The molecule has 2 N–H and O–H groups in total. The second kappa shape index (κ2) is 6.61. The number of carbonyl (C=O) groups excluding carboxylic acids is 1. The van der Waals surface area contributed by atoms with Crippen molar-refractivity contribution < 1.29 is 14.7 Å². The van der Waals surface area contributed by atoms with E-state index in [4.69, 9.17) is 34.8 Å². The number of nitrogens with one attached hydrogen (secondary N) is 1. The smallest absolute Gasteiger partial charge is 0.329 e. The van der Waals surface area contributed by atoms with Gasteiger partial charge in [-0.2, -0.15) is 0 Å². The van der Waals surface area contributed by atoms with Crippen LogP contribution in [0, 0.1) is 0 Å². The molecule has 0 atom stereocenters. The molecule has 20 heavy (non-hydrogen) atoms. The predicted octanol–water partition coefficient (Wildman–Crippen LogP) is 3.42. The Labute approximate surface area is 131 Å². The van der Waals surface area contributed by atoms with Crippen LogP contribution in [0.3, 0.4) is 0 Å². The van der Waals surface area contributed by atoms with Gasteiger partial charge in [0.1, 0.15) is 11.2 Å². The topological polar surface area (TPSA) is 79.3 Å². The van der Waals surface area contributed by atoms with E-state index in [0.717, 1.165) is 0 Å². The first-order valence-electron chi connectivity index (χ1n) is 5.84. The predicted molar refractivity (Wildman–Crippen MR) is 77.7 cm³/mol. The van der Waals surface area contributed by atoms with Crippen molar-refractivity contribution in [3.63, 3.8) is 0 Å². The second-order valence-electron chi connectivity index (χ2n) is 4.13. The molecule has 0 spiro atoms. The molecular weight excluding hydrogens is 327 g/mol. The van der Waals surface area contributed by atoms with E-state index in [0.29, 0.717) is 0 Å². The van der Waals surface area contributed by atoms with E-state index in [-0.39, 0.29) is 33.6 Å². The van der Waals surface area contributed by atoms with Crippen LogP contribution in [0.5, 0.6) is 0 Å². The molecule has 0 bridgehead atoms. The third-order valence-electron chi connectivity index (χ3n) is 3.10. The summed E-state index contributed by atoms with van der Waals surface area (Å²) in [5.41, 5.74) is -1.53. The summed E-state index contributed by atoms with van der Waals surface area (Å²) in [5.74, 6) is -1.83. The summed E-state index contributed by atoms with van der Waals surface area (Å²) < 4.78 is 0. The van der Waals surface area contributed by atoms with Gasteiger partial charge in [-0.25, -0.2) is 9.78 Å². The SMILES string of the molecule is CCC(CC)(NC(=O)c1ncc(Cl)c(Cl)c1Cl)C(=O)O. The van der Waals surface area contributed by atoms with Crippen molar-refractivity contribution in [2.75, 3.05) is 0 Å². The minimum Gasteiger partial charge on any atom is -0.480 e. The van der Waals surface area contributed by atoms with Crippen molar-refractivity contribution in [1.82, 2.24) is 10.3 Å². The summed E-state index contributed by atoms with van der Waals surface area (Å²) in [5, 5.41) is 11.7. The maximum Gasteiger partial charge on any atom is 0.329 e. The number of carboxylic acids is 1. The quantitative estimate of drug-likeness (QED) is 0.861. The van der Waals surface area contributed by atoms with Crippen LogP contribution in [0.15, 0.2) is 6.20 Å². The zero-order valence-electron chi connectivity index (χ0n) is 10.8. The van der Waals surface area contributed by atoms with E-state index < -0.39 is 17.4 Å². The Morgan fingerprint density at radius 3 is 2.25 bits per heavy atom. The van der Waals surface area contributed by atoms with Gasteiger partial charge in [-0.1, -0.05) is 48.7 Å². The van der Waals surface area contributed by atoms with Gasteiger partial charge in [-0.05, 0) is 12.8 Å². The number of halogens is 3. The summed E-state index contributed by atoms with van der Waals surface area (Å²) in [4.78, 5) is 27.3. The summed E-state index contributed by atoms with van der Waals surface area (Å²) in [7, 11) is 0. The maximum absolute atomic E-state index is 12.1. The number of amides is 1. The minimum absolute atomic E-state index is 0.00223. The number of rotatable bonds is 5. The van der Waals surface area contributed by atoms with Crippen molar-refractivity contribution in [2.24, 2.45) is 0 Å². The van der Waals surface area contributed by atoms with Crippen molar-refractivity contribution in [3.05, 3.63) is 27.0 Å². The van der Waals surface area contributed by atoms with E-state index in [1.54, 1.807) is 13.8 Å². The second-order valence-corrected chi connectivity index (χ2v) is 5.29. The highest BCUT2D eigenvalue weighted by Crippen LogP contribution is 2.31. The summed E-state index contributed by atoms with van der Waals surface area (Å²) in [6, 6.07) is 0. The number of hydrogen-bond acceptors (Lipinski definition) is 3. The lowest BCUT2D eigenvalue weighted by atomic mass is 9.93. The van der Waals surface area contributed by atoms with Crippen LogP contribution in [0.2, 0.25) is 15.1 Å². The van der Waals surface area contributed by atoms with Crippen molar-refractivity contribution in [2.45, 2.75) is 32.2 Å². The number of pyridine rings is 1. The van der Waals surface area contributed by atoms with Crippen LogP contribution in [0.25, 0.3) is 0 Å². The molecule has 0 unspecified atom stereocenters. The highest BCUT2D eigenvalue weighted by atomic mass is 35.5. The van der Waals surface area contributed by atoms with Crippen molar-refractivity contribution >= 4 is 46.7 Å². The van der Waals surface area contributed by atoms with Gasteiger partial charge < -0.3 is 10.4 Å². The average molecular weight is 340 g/mol. The third-order valence-corrected chi connectivity index (χ3v) is 4.34. The first kappa shape index (κ1) is 17.0. The summed E-state index contributed by atoms with van der Waals surface area (Å²) in [6.45, 7) is 3.34. The van der Waals surface area contributed by atoms with Gasteiger partial charge in [-0.3, -0.25) is 4.79 Å². The van der Waals surface area contributed by atoms with Crippen LogP contribution < -0.4 is 5.32 Å². The molecule has 1 rings (SSSR count). The average Bonchev–Trinajstić information content (AvgIpc) is 2.41. The van der Waals surface area contributed by atoms with Crippen molar-refractivity contribution in [3.8, 4) is 0 Å². The van der Waals surface area contributed by atoms with E-state index >= 15 is 0 Å². The van der Waals surface area contributed by atoms with Gasteiger partial charge in [0.15, 0.2) is 0 Å². The highest BCUT2D eigenvalue weighted by Gasteiger charge is 2.37. The Morgan fingerprint density at radius 2 is 1.80 bits per heavy atom. The molecule has 0 radical (unpaired) electrons. The molecule has 0 aliphatic heterocycles. The fourth-order valence-corrected chi connectivity index (χ4v) is 2.23. The molecule has 0 saturated carbocycles. The third kappa shape index (κ3) is 3.16. The summed E-state index contributed by atoms with van der Waals surface area (Å²) >= 11 is 17.5. The van der Waals surface area contributed by atoms with Crippen LogP contribution >= 0.6 is 34.8 Å². The number of carboxylic acid groups (broad SMARTS) is 1. The molecule has 0 saturated heterocycles. The van der Waals surface area contributed by atoms with Crippen LogP contribution in [0.1, 0.15) is 37.2 Å².